The lowest BCUT2D eigenvalue weighted by atomic mass is 9.90. The van der Waals surface area contributed by atoms with Crippen LogP contribution in [0.4, 0.5) is 5.82 Å². The Labute approximate surface area is 115 Å². The molecule has 2 aromatic rings. The maximum Gasteiger partial charge on any atom is 0.264 e. The molecule has 6 heteroatoms. The summed E-state index contributed by atoms with van der Waals surface area (Å²) in [5.41, 5.74) is 1.87. The average molecular weight is 270 g/mol. The molecule has 0 saturated carbocycles. The molecule has 0 saturated heterocycles. The van der Waals surface area contributed by atoms with Gasteiger partial charge in [-0.05, 0) is 17.2 Å². The van der Waals surface area contributed by atoms with Gasteiger partial charge in [0.05, 0.1) is 5.92 Å². The minimum absolute atomic E-state index is 0.135. The lowest BCUT2D eigenvalue weighted by Crippen LogP contribution is -2.35. The highest BCUT2D eigenvalue weighted by atomic mass is 16.2. The molecule has 1 atom stereocenters. The number of anilines is 1. The molecular formula is C14H14N4O2. The first-order valence-electron chi connectivity index (χ1n) is 6.39. The minimum atomic E-state index is -0.298. The van der Waals surface area contributed by atoms with Crippen molar-refractivity contribution in [2.45, 2.75) is 12.5 Å². The number of amides is 1. The minimum Gasteiger partial charge on any atom is -0.312 e. The smallest absolute Gasteiger partial charge is 0.264 e. The van der Waals surface area contributed by atoms with Gasteiger partial charge in [-0.3, -0.25) is 9.59 Å². The highest BCUT2D eigenvalue weighted by Gasteiger charge is 2.26. The number of carbonyl (C=O) groups excluding carboxylic acids is 1. The summed E-state index contributed by atoms with van der Waals surface area (Å²) in [4.78, 5) is 23.3. The Morgan fingerprint density at radius 2 is 2.10 bits per heavy atom. The van der Waals surface area contributed by atoms with Crippen LogP contribution < -0.4 is 16.2 Å². The Morgan fingerprint density at radius 3 is 2.90 bits per heavy atom. The van der Waals surface area contributed by atoms with E-state index >= 15 is 0 Å². The van der Waals surface area contributed by atoms with E-state index in [0.29, 0.717) is 12.4 Å². The maximum absolute atomic E-state index is 12.3. The van der Waals surface area contributed by atoms with Crippen LogP contribution in [-0.4, -0.2) is 22.6 Å². The van der Waals surface area contributed by atoms with Crippen LogP contribution >= 0.6 is 0 Å². The number of benzene rings is 1. The van der Waals surface area contributed by atoms with E-state index in [9.17, 15) is 9.59 Å². The molecule has 0 bridgehead atoms. The van der Waals surface area contributed by atoms with Crippen molar-refractivity contribution in [3.8, 4) is 0 Å². The summed E-state index contributed by atoms with van der Waals surface area (Å²) in [6.07, 6.45) is 0. The molecule has 0 radical (unpaired) electrons. The molecule has 0 aliphatic carbocycles. The number of aromatic nitrogens is 2. The van der Waals surface area contributed by atoms with Crippen molar-refractivity contribution in [3.05, 3.63) is 57.9 Å². The predicted molar refractivity (Wildman–Crippen MR) is 74.4 cm³/mol. The van der Waals surface area contributed by atoms with Crippen molar-refractivity contribution >= 4 is 11.7 Å². The van der Waals surface area contributed by atoms with Gasteiger partial charge in [-0.1, -0.05) is 24.3 Å². The lowest BCUT2D eigenvalue weighted by Gasteiger charge is -2.25. The molecule has 1 aliphatic heterocycles. The van der Waals surface area contributed by atoms with Gasteiger partial charge in [0.25, 0.3) is 5.56 Å². The van der Waals surface area contributed by atoms with E-state index in [1.54, 1.807) is 0 Å². The van der Waals surface area contributed by atoms with E-state index in [2.05, 4.69) is 20.8 Å². The van der Waals surface area contributed by atoms with Gasteiger partial charge in [-0.2, -0.15) is 5.10 Å². The molecular weight excluding hydrogens is 256 g/mol. The molecule has 1 aromatic carbocycles. The second kappa shape index (κ2) is 5.26. The van der Waals surface area contributed by atoms with Crippen molar-refractivity contribution < 1.29 is 4.79 Å². The number of hydrogen-bond donors (Lipinski definition) is 3. The van der Waals surface area contributed by atoms with Crippen molar-refractivity contribution in [3.63, 3.8) is 0 Å². The maximum atomic E-state index is 12.3. The number of aromatic amines is 1. The summed E-state index contributed by atoms with van der Waals surface area (Å²) in [6, 6.07) is 10.7. The number of carbonyl (C=O) groups is 1. The molecule has 6 nitrogen and oxygen atoms in total. The van der Waals surface area contributed by atoms with Crippen molar-refractivity contribution in [2.24, 2.45) is 0 Å². The molecule has 1 unspecified atom stereocenters. The van der Waals surface area contributed by atoms with Crippen LogP contribution in [0.15, 0.2) is 41.2 Å². The molecule has 0 spiro atoms. The van der Waals surface area contributed by atoms with Gasteiger partial charge >= 0.3 is 0 Å². The lowest BCUT2D eigenvalue weighted by molar-refractivity contribution is -0.117. The number of nitrogens with zero attached hydrogens (tertiary/aromatic N) is 1. The molecule has 1 amide bonds. The normalized spacial score (nSPS) is 17.3. The van der Waals surface area contributed by atoms with Crippen LogP contribution in [0.3, 0.4) is 0 Å². The molecule has 1 aromatic heterocycles. The van der Waals surface area contributed by atoms with Crippen LogP contribution in [0.1, 0.15) is 17.0 Å². The average Bonchev–Trinajstić information content (AvgIpc) is 2.49. The zero-order chi connectivity index (χ0) is 13.9. The fourth-order valence-electron chi connectivity index (χ4n) is 2.36. The van der Waals surface area contributed by atoms with E-state index in [1.165, 1.54) is 12.1 Å². The molecule has 3 N–H and O–H groups in total. The molecule has 1 aliphatic rings. The van der Waals surface area contributed by atoms with Crippen LogP contribution in [0.2, 0.25) is 0 Å². The zero-order valence-electron chi connectivity index (χ0n) is 10.7. The summed E-state index contributed by atoms with van der Waals surface area (Å²) >= 11 is 0. The standard InChI is InChI=1S/C14H14N4O2/c19-13-6-5-12(17-18-13)16-14(20)11-8-15-7-9-3-1-2-4-10(9)11/h1-6,11,15H,7-8H2,(H,18,19)(H,16,17,20). The first kappa shape index (κ1) is 12.6. The van der Waals surface area contributed by atoms with Crippen LogP contribution in [-0.2, 0) is 11.3 Å². The zero-order valence-corrected chi connectivity index (χ0v) is 10.7. The van der Waals surface area contributed by atoms with E-state index in [-0.39, 0.29) is 17.4 Å². The Morgan fingerprint density at radius 1 is 1.25 bits per heavy atom. The number of nitrogens with one attached hydrogen (secondary N) is 3. The van der Waals surface area contributed by atoms with Gasteiger partial charge in [0, 0.05) is 19.2 Å². The predicted octanol–water partition coefficient (Wildman–Crippen LogP) is 0.595. The van der Waals surface area contributed by atoms with E-state index in [0.717, 1.165) is 17.7 Å². The van der Waals surface area contributed by atoms with Gasteiger partial charge in [0.1, 0.15) is 0 Å². The Kier molecular flexibility index (Phi) is 3.30. The number of hydrogen-bond acceptors (Lipinski definition) is 4. The van der Waals surface area contributed by atoms with E-state index in [4.69, 9.17) is 0 Å². The van der Waals surface area contributed by atoms with Crippen molar-refractivity contribution in [1.29, 1.82) is 0 Å². The molecule has 3 rings (SSSR count). The molecule has 2 heterocycles. The molecule has 102 valence electrons. The van der Waals surface area contributed by atoms with E-state index in [1.807, 2.05) is 24.3 Å². The quantitative estimate of drug-likeness (QED) is 0.745. The highest BCUT2D eigenvalue weighted by Crippen LogP contribution is 2.24. The summed E-state index contributed by atoms with van der Waals surface area (Å²) < 4.78 is 0. The third-order valence-electron chi connectivity index (χ3n) is 3.34. The summed E-state index contributed by atoms with van der Waals surface area (Å²) in [5.74, 6) is -0.0458. The van der Waals surface area contributed by atoms with Crippen LogP contribution in [0, 0.1) is 0 Å². The van der Waals surface area contributed by atoms with Gasteiger partial charge in [0.15, 0.2) is 5.82 Å². The second-order valence-electron chi connectivity index (χ2n) is 4.68. The van der Waals surface area contributed by atoms with Crippen LogP contribution in [0.5, 0.6) is 0 Å². The monoisotopic (exact) mass is 270 g/mol. The van der Waals surface area contributed by atoms with Crippen LogP contribution in [0.25, 0.3) is 0 Å². The Hall–Kier alpha value is -2.47. The van der Waals surface area contributed by atoms with Gasteiger partial charge in [0.2, 0.25) is 5.91 Å². The topological polar surface area (TPSA) is 86.9 Å². The summed E-state index contributed by atoms with van der Waals surface area (Å²) in [5, 5.41) is 12.0. The first-order chi connectivity index (χ1) is 9.74. The van der Waals surface area contributed by atoms with Gasteiger partial charge in [-0.15, -0.1) is 0 Å². The SMILES string of the molecule is O=C(Nc1ccc(=O)[nH]n1)C1CNCc2ccccc21. The summed E-state index contributed by atoms with van der Waals surface area (Å²) in [6.45, 7) is 1.36. The third-order valence-corrected chi connectivity index (χ3v) is 3.34. The third kappa shape index (κ3) is 2.46. The Balaban J connectivity index is 1.81. The largest absolute Gasteiger partial charge is 0.312 e. The van der Waals surface area contributed by atoms with Gasteiger partial charge < -0.3 is 10.6 Å². The number of rotatable bonds is 2. The highest BCUT2D eigenvalue weighted by molar-refractivity contribution is 5.95. The fourth-order valence-corrected chi connectivity index (χ4v) is 2.36. The van der Waals surface area contributed by atoms with E-state index < -0.39 is 0 Å². The first-order valence-corrected chi connectivity index (χ1v) is 6.39. The molecule has 20 heavy (non-hydrogen) atoms. The van der Waals surface area contributed by atoms with Gasteiger partial charge in [-0.25, -0.2) is 5.10 Å². The summed E-state index contributed by atoms with van der Waals surface area (Å²) in [7, 11) is 0. The number of fused-ring (bicyclic) bond motifs is 1. The number of H-pyrrole nitrogens is 1. The second-order valence-corrected chi connectivity index (χ2v) is 4.68. The molecule has 0 fully saturated rings. The van der Waals surface area contributed by atoms with Crippen molar-refractivity contribution in [1.82, 2.24) is 15.5 Å². The Bertz CT molecular complexity index is 675. The van der Waals surface area contributed by atoms with Crippen molar-refractivity contribution in [2.75, 3.05) is 11.9 Å². The fraction of sp³-hybridized carbons (Fsp3) is 0.214.